The zero-order valence-electron chi connectivity index (χ0n) is 9.60. The van der Waals surface area contributed by atoms with E-state index in [4.69, 9.17) is 5.11 Å². The number of nitrogens with one attached hydrogen (secondary N) is 1. The fraction of sp³-hybridized carbons (Fsp3) is 0.333. The summed E-state index contributed by atoms with van der Waals surface area (Å²) >= 11 is 3.42. The molecule has 96 valence electrons. The van der Waals surface area contributed by atoms with E-state index in [0.29, 0.717) is 13.1 Å². The SMILES string of the molecule is O=C(O)CC1C(=O)NCCN1c1ccccc1Br. The maximum Gasteiger partial charge on any atom is 0.305 e. The van der Waals surface area contributed by atoms with Crippen molar-refractivity contribution >= 4 is 33.5 Å². The van der Waals surface area contributed by atoms with E-state index >= 15 is 0 Å². The summed E-state index contributed by atoms with van der Waals surface area (Å²) in [5, 5.41) is 11.6. The molecule has 0 bridgehead atoms. The molecule has 0 saturated carbocycles. The number of carboxylic acid groups (broad SMARTS) is 1. The predicted octanol–water partition coefficient (Wildman–Crippen LogP) is 1.23. The maximum atomic E-state index is 11.8. The van der Waals surface area contributed by atoms with Crippen molar-refractivity contribution < 1.29 is 14.7 Å². The highest BCUT2D eigenvalue weighted by molar-refractivity contribution is 9.10. The first kappa shape index (κ1) is 12.9. The molecule has 0 radical (unpaired) electrons. The van der Waals surface area contributed by atoms with Crippen LogP contribution in [0.4, 0.5) is 5.69 Å². The van der Waals surface area contributed by atoms with Gasteiger partial charge in [-0.2, -0.15) is 0 Å². The number of nitrogens with zero attached hydrogens (tertiary/aromatic N) is 1. The number of piperazine rings is 1. The highest BCUT2D eigenvalue weighted by Crippen LogP contribution is 2.28. The average molecular weight is 313 g/mol. The second-order valence-electron chi connectivity index (χ2n) is 4.05. The molecule has 0 spiro atoms. The van der Waals surface area contributed by atoms with Crippen LogP contribution >= 0.6 is 15.9 Å². The third-order valence-electron chi connectivity index (χ3n) is 2.86. The number of hydrogen-bond acceptors (Lipinski definition) is 3. The Balaban J connectivity index is 2.31. The first-order chi connectivity index (χ1) is 8.59. The normalized spacial score (nSPS) is 19.5. The molecule has 18 heavy (non-hydrogen) atoms. The number of halogens is 1. The van der Waals surface area contributed by atoms with Gasteiger partial charge in [0, 0.05) is 17.6 Å². The van der Waals surface area contributed by atoms with Crippen LogP contribution in [0.5, 0.6) is 0 Å². The Morgan fingerprint density at radius 2 is 2.22 bits per heavy atom. The molecule has 1 aliphatic rings. The van der Waals surface area contributed by atoms with Gasteiger partial charge in [-0.3, -0.25) is 9.59 Å². The molecule has 6 heteroatoms. The lowest BCUT2D eigenvalue weighted by Crippen LogP contribution is -2.56. The molecule has 1 saturated heterocycles. The fourth-order valence-electron chi connectivity index (χ4n) is 2.06. The fourth-order valence-corrected chi connectivity index (χ4v) is 2.57. The number of benzene rings is 1. The molecule has 2 rings (SSSR count). The van der Waals surface area contributed by atoms with E-state index in [1.165, 1.54) is 0 Å². The van der Waals surface area contributed by atoms with Crippen molar-refractivity contribution in [3.63, 3.8) is 0 Å². The largest absolute Gasteiger partial charge is 0.481 e. The second-order valence-corrected chi connectivity index (χ2v) is 4.90. The van der Waals surface area contributed by atoms with E-state index in [0.717, 1.165) is 10.2 Å². The molecule has 0 aliphatic carbocycles. The summed E-state index contributed by atoms with van der Waals surface area (Å²) in [6, 6.07) is 6.83. The van der Waals surface area contributed by atoms with Crippen LogP contribution in [0.3, 0.4) is 0 Å². The standard InChI is InChI=1S/C12H13BrN2O3/c13-8-3-1-2-4-9(8)15-6-5-14-12(18)10(15)7-11(16)17/h1-4,10H,5-7H2,(H,14,18)(H,16,17). The zero-order valence-corrected chi connectivity index (χ0v) is 11.2. The Morgan fingerprint density at radius 1 is 1.50 bits per heavy atom. The van der Waals surface area contributed by atoms with Gasteiger partial charge in [-0.25, -0.2) is 0 Å². The van der Waals surface area contributed by atoms with Crippen LogP contribution in [0.1, 0.15) is 6.42 Å². The minimum Gasteiger partial charge on any atom is -0.481 e. The van der Waals surface area contributed by atoms with Crippen molar-refractivity contribution in [3.8, 4) is 0 Å². The van der Waals surface area contributed by atoms with Gasteiger partial charge in [0.1, 0.15) is 6.04 Å². The summed E-state index contributed by atoms with van der Waals surface area (Å²) in [7, 11) is 0. The van der Waals surface area contributed by atoms with Crippen LogP contribution in [0, 0.1) is 0 Å². The lowest BCUT2D eigenvalue weighted by molar-refractivity contribution is -0.139. The van der Waals surface area contributed by atoms with Gasteiger partial charge in [-0.15, -0.1) is 0 Å². The number of anilines is 1. The molecular weight excluding hydrogens is 300 g/mol. The number of carbonyl (C=O) groups excluding carboxylic acids is 1. The van der Waals surface area contributed by atoms with E-state index in [2.05, 4.69) is 21.2 Å². The van der Waals surface area contributed by atoms with Crippen LogP contribution < -0.4 is 10.2 Å². The van der Waals surface area contributed by atoms with Crippen molar-refractivity contribution in [1.82, 2.24) is 5.32 Å². The monoisotopic (exact) mass is 312 g/mol. The van der Waals surface area contributed by atoms with Crippen LogP contribution in [-0.2, 0) is 9.59 Å². The Hall–Kier alpha value is -1.56. The smallest absolute Gasteiger partial charge is 0.305 e. The first-order valence-corrected chi connectivity index (χ1v) is 6.39. The number of aliphatic carboxylic acids is 1. The number of carbonyl (C=O) groups is 2. The summed E-state index contributed by atoms with van der Waals surface area (Å²) < 4.78 is 0.857. The zero-order chi connectivity index (χ0) is 13.1. The molecule has 1 unspecified atom stereocenters. The molecule has 2 N–H and O–H groups in total. The molecule has 5 nitrogen and oxygen atoms in total. The van der Waals surface area contributed by atoms with Crippen LogP contribution in [0.25, 0.3) is 0 Å². The van der Waals surface area contributed by atoms with Gasteiger partial charge in [-0.1, -0.05) is 12.1 Å². The van der Waals surface area contributed by atoms with Crippen molar-refractivity contribution in [2.24, 2.45) is 0 Å². The van der Waals surface area contributed by atoms with Crippen LogP contribution in [-0.4, -0.2) is 36.1 Å². The number of hydrogen-bond donors (Lipinski definition) is 2. The molecule has 0 aromatic heterocycles. The molecular formula is C12H13BrN2O3. The Bertz CT molecular complexity index is 478. The van der Waals surface area contributed by atoms with Crippen molar-refractivity contribution in [2.75, 3.05) is 18.0 Å². The summed E-state index contributed by atoms with van der Waals surface area (Å²) in [6.45, 7) is 1.13. The Labute approximate surface area is 113 Å². The molecule has 1 heterocycles. The van der Waals surface area contributed by atoms with E-state index in [9.17, 15) is 9.59 Å². The maximum absolute atomic E-state index is 11.8. The van der Waals surface area contributed by atoms with E-state index in [-0.39, 0.29) is 12.3 Å². The number of amides is 1. The van der Waals surface area contributed by atoms with Gasteiger partial charge in [0.2, 0.25) is 5.91 Å². The quantitative estimate of drug-likeness (QED) is 0.880. The third-order valence-corrected chi connectivity index (χ3v) is 3.53. The number of para-hydroxylation sites is 1. The molecule has 1 atom stereocenters. The lowest BCUT2D eigenvalue weighted by Gasteiger charge is -2.36. The first-order valence-electron chi connectivity index (χ1n) is 5.60. The number of rotatable bonds is 3. The number of carboxylic acids is 1. The van der Waals surface area contributed by atoms with Crippen LogP contribution in [0.2, 0.25) is 0 Å². The van der Waals surface area contributed by atoms with Crippen LogP contribution in [0.15, 0.2) is 28.7 Å². The molecule has 1 aromatic carbocycles. The molecule has 1 aromatic rings. The highest BCUT2D eigenvalue weighted by Gasteiger charge is 2.32. The third kappa shape index (κ3) is 2.64. The minimum absolute atomic E-state index is 0.201. The summed E-state index contributed by atoms with van der Waals surface area (Å²) in [5.74, 6) is -1.21. The van der Waals surface area contributed by atoms with E-state index in [1.54, 1.807) is 0 Å². The summed E-state index contributed by atoms with van der Waals surface area (Å²) in [6.07, 6.45) is -0.201. The average Bonchev–Trinajstić information content (AvgIpc) is 2.32. The van der Waals surface area contributed by atoms with Crippen molar-refractivity contribution in [2.45, 2.75) is 12.5 Å². The van der Waals surface area contributed by atoms with Crippen molar-refractivity contribution in [3.05, 3.63) is 28.7 Å². The van der Waals surface area contributed by atoms with Crippen molar-refractivity contribution in [1.29, 1.82) is 0 Å². The second kappa shape index (κ2) is 5.39. The topological polar surface area (TPSA) is 69.6 Å². The summed E-state index contributed by atoms with van der Waals surface area (Å²) in [4.78, 5) is 24.5. The lowest BCUT2D eigenvalue weighted by atomic mass is 10.1. The molecule has 1 aliphatic heterocycles. The molecule has 1 fully saturated rings. The molecule has 1 amide bonds. The highest BCUT2D eigenvalue weighted by atomic mass is 79.9. The Morgan fingerprint density at radius 3 is 2.89 bits per heavy atom. The van der Waals surface area contributed by atoms with Gasteiger partial charge >= 0.3 is 5.97 Å². The Kier molecular flexibility index (Phi) is 3.86. The predicted molar refractivity (Wildman–Crippen MR) is 70.5 cm³/mol. The van der Waals surface area contributed by atoms with Gasteiger partial charge in [-0.05, 0) is 28.1 Å². The van der Waals surface area contributed by atoms with Gasteiger partial charge < -0.3 is 15.3 Å². The van der Waals surface area contributed by atoms with Gasteiger partial charge in [0.05, 0.1) is 12.1 Å². The summed E-state index contributed by atoms with van der Waals surface area (Å²) in [5.41, 5.74) is 0.846. The van der Waals surface area contributed by atoms with Gasteiger partial charge in [0.25, 0.3) is 0 Å². The van der Waals surface area contributed by atoms with E-state index in [1.807, 2.05) is 29.2 Å². The minimum atomic E-state index is -0.978. The van der Waals surface area contributed by atoms with Gasteiger partial charge in [0.15, 0.2) is 0 Å². The van der Waals surface area contributed by atoms with E-state index < -0.39 is 12.0 Å².